The Labute approximate surface area is 151 Å². The highest BCUT2D eigenvalue weighted by molar-refractivity contribution is 7.90. The summed E-state index contributed by atoms with van der Waals surface area (Å²) in [5.74, 6) is -0.934. The van der Waals surface area contributed by atoms with Crippen molar-refractivity contribution in [3.8, 4) is 5.75 Å². The van der Waals surface area contributed by atoms with Crippen LogP contribution < -0.4 is 10.1 Å². The van der Waals surface area contributed by atoms with Crippen LogP contribution in [0.3, 0.4) is 0 Å². The van der Waals surface area contributed by atoms with E-state index in [0.717, 1.165) is 6.26 Å². The summed E-state index contributed by atoms with van der Waals surface area (Å²) in [6.45, 7) is 0. The Hall–Kier alpha value is -2.87. The van der Waals surface area contributed by atoms with Gasteiger partial charge in [-0.1, -0.05) is 12.1 Å². The number of carbonyl (C=O) groups is 2. The van der Waals surface area contributed by atoms with Gasteiger partial charge in [-0.15, -0.1) is 0 Å². The van der Waals surface area contributed by atoms with E-state index in [1.807, 2.05) is 0 Å². The van der Waals surface area contributed by atoms with Crippen molar-refractivity contribution in [2.24, 2.45) is 0 Å². The maximum Gasteiger partial charge on any atom is 0.305 e. The highest BCUT2D eigenvalue weighted by Crippen LogP contribution is 2.21. The Kier molecular flexibility index (Phi) is 5.99. The number of aliphatic carboxylic acids is 1. The van der Waals surface area contributed by atoms with Gasteiger partial charge in [0.05, 0.1) is 24.5 Å². The summed E-state index contributed by atoms with van der Waals surface area (Å²) in [5, 5.41) is 11.8. The lowest BCUT2D eigenvalue weighted by Gasteiger charge is -2.18. The molecule has 138 valence electrons. The largest absolute Gasteiger partial charge is 0.497 e. The van der Waals surface area contributed by atoms with Gasteiger partial charge < -0.3 is 15.2 Å². The van der Waals surface area contributed by atoms with Crippen LogP contribution in [0.4, 0.5) is 0 Å². The molecule has 0 fully saturated rings. The molecule has 7 nitrogen and oxygen atoms in total. The summed E-state index contributed by atoms with van der Waals surface area (Å²) in [7, 11) is -1.84. The summed E-state index contributed by atoms with van der Waals surface area (Å²) in [5.41, 5.74) is 0.857. The molecule has 0 aromatic heterocycles. The average molecular weight is 377 g/mol. The van der Waals surface area contributed by atoms with E-state index >= 15 is 0 Å². The molecule has 0 heterocycles. The maximum atomic E-state index is 12.4. The van der Waals surface area contributed by atoms with Crippen molar-refractivity contribution in [3.63, 3.8) is 0 Å². The van der Waals surface area contributed by atoms with Crippen LogP contribution in [0.15, 0.2) is 53.4 Å². The first-order valence-corrected chi connectivity index (χ1v) is 9.56. The average Bonchev–Trinajstić information content (AvgIpc) is 2.60. The Morgan fingerprint density at radius 2 is 1.65 bits per heavy atom. The predicted molar refractivity (Wildman–Crippen MR) is 95.0 cm³/mol. The Morgan fingerprint density at radius 1 is 1.08 bits per heavy atom. The second-order valence-electron chi connectivity index (χ2n) is 5.69. The number of ether oxygens (including phenoxy) is 1. The molecule has 0 saturated heterocycles. The lowest BCUT2D eigenvalue weighted by molar-refractivity contribution is -0.137. The zero-order valence-electron chi connectivity index (χ0n) is 14.3. The molecular weight excluding hydrogens is 358 g/mol. The lowest BCUT2D eigenvalue weighted by atomic mass is 10.0. The summed E-state index contributed by atoms with van der Waals surface area (Å²) < 4.78 is 28.0. The van der Waals surface area contributed by atoms with Gasteiger partial charge in [-0.05, 0) is 42.0 Å². The van der Waals surface area contributed by atoms with Gasteiger partial charge in [-0.25, -0.2) is 8.42 Å². The van der Waals surface area contributed by atoms with Crippen molar-refractivity contribution in [1.29, 1.82) is 0 Å². The van der Waals surface area contributed by atoms with E-state index in [0.29, 0.717) is 11.3 Å². The van der Waals surface area contributed by atoms with Crippen LogP contribution in [0.2, 0.25) is 0 Å². The Bertz CT molecular complexity index is 888. The van der Waals surface area contributed by atoms with Gasteiger partial charge in [0, 0.05) is 11.8 Å². The number of benzene rings is 2. The summed E-state index contributed by atoms with van der Waals surface area (Å²) in [4.78, 5) is 23.7. The molecule has 0 saturated carbocycles. The summed E-state index contributed by atoms with van der Waals surface area (Å²) >= 11 is 0. The maximum absolute atomic E-state index is 12.4. The van der Waals surface area contributed by atoms with Crippen molar-refractivity contribution in [2.45, 2.75) is 17.4 Å². The third-order valence-corrected chi connectivity index (χ3v) is 4.88. The number of sulfone groups is 1. The van der Waals surface area contributed by atoms with Crippen LogP contribution in [0.5, 0.6) is 5.75 Å². The third kappa shape index (κ3) is 5.06. The zero-order valence-corrected chi connectivity index (χ0v) is 15.1. The fourth-order valence-electron chi connectivity index (χ4n) is 2.36. The topological polar surface area (TPSA) is 110 Å². The fraction of sp³-hybridized carbons (Fsp3) is 0.222. The molecule has 26 heavy (non-hydrogen) atoms. The summed E-state index contributed by atoms with van der Waals surface area (Å²) in [6, 6.07) is 11.4. The fourth-order valence-corrected chi connectivity index (χ4v) is 2.99. The number of methoxy groups -OCH3 is 1. The second-order valence-corrected chi connectivity index (χ2v) is 7.71. The number of carbonyl (C=O) groups excluding carboxylic acids is 1. The van der Waals surface area contributed by atoms with E-state index < -0.39 is 27.8 Å². The van der Waals surface area contributed by atoms with Crippen molar-refractivity contribution < 1.29 is 27.9 Å². The van der Waals surface area contributed by atoms with Crippen molar-refractivity contribution >= 4 is 21.7 Å². The second kappa shape index (κ2) is 8.01. The molecule has 0 aliphatic carbocycles. The number of hydrogen-bond donors (Lipinski definition) is 2. The molecule has 1 atom stereocenters. The number of carboxylic acid groups (broad SMARTS) is 1. The SMILES string of the molecule is COc1ccc([C@H](CC(=O)O)NC(=O)c2ccc(S(C)(=O)=O)cc2)cc1. The van der Waals surface area contributed by atoms with E-state index in [2.05, 4.69) is 5.32 Å². The minimum absolute atomic E-state index is 0.103. The highest BCUT2D eigenvalue weighted by Gasteiger charge is 2.19. The van der Waals surface area contributed by atoms with Gasteiger partial charge in [-0.3, -0.25) is 9.59 Å². The first kappa shape index (κ1) is 19.5. The van der Waals surface area contributed by atoms with E-state index in [4.69, 9.17) is 9.84 Å². The van der Waals surface area contributed by atoms with Crippen LogP contribution in [0, 0.1) is 0 Å². The molecule has 2 aromatic rings. The van der Waals surface area contributed by atoms with Crippen molar-refractivity contribution in [2.75, 3.05) is 13.4 Å². The molecule has 0 aliphatic rings. The van der Waals surface area contributed by atoms with Crippen LogP contribution in [-0.2, 0) is 14.6 Å². The van der Waals surface area contributed by atoms with E-state index in [-0.39, 0.29) is 16.9 Å². The van der Waals surface area contributed by atoms with E-state index in [9.17, 15) is 18.0 Å². The number of nitrogens with one attached hydrogen (secondary N) is 1. The molecule has 2 rings (SSSR count). The molecule has 0 bridgehead atoms. The minimum atomic E-state index is -3.36. The van der Waals surface area contributed by atoms with Crippen molar-refractivity contribution in [3.05, 3.63) is 59.7 Å². The lowest BCUT2D eigenvalue weighted by Crippen LogP contribution is -2.30. The van der Waals surface area contributed by atoms with Gasteiger partial charge >= 0.3 is 5.97 Å². The molecule has 2 N–H and O–H groups in total. The number of carboxylic acids is 1. The van der Waals surface area contributed by atoms with Crippen LogP contribution >= 0.6 is 0 Å². The standard InChI is InChI=1S/C18H19NO6S/c1-25-14-7-3-12(4-8-14)16(11-17(20)21)19-18(22)13-5-9-15(10-6-13)26(2,23)24/h3-10,16H,11H2,1-2H3,(H,19,22)(H,20,21)/t16-/m0/s1. The van der Waals surface area contributed by atoms with E-state index in [1.165, 1.54) is 31.4 Å². The Morgan fingerprint density at radius 3 is 2.12 bits per heavy atom. The van der Waals surface area contributed by atoms with Gasteiger partial charge in [0.25, 0.3) is 5.91 Å². The zero-order chi connectivity index (χ0) is 19.3. The van der Waals surface area contributed by atoms with E-state index in [1.54, 1.807) is 24.3 Å². The molecule has 8 heteroatoms. The van der Waals surface area contributed by atoms with Crippen molar-refractivity contribution in [1.82, 2.24) is 5.32 Å². The van der Waals surface area contributed by atoms with Gasteiger partial charge in [0.2, 0.25) is 0 Å². The number of rotatable bonds is 7. The van der Waals surface area contributed by atoms with Crippen LogP contribution in [0.25, 0.3) is 0 Å². The molecular formula is C18H19NO6S. The first-order valence-electron chi connectivity index (χ1n) is 7.67. The third-order valence-electron chi connectivity index (χ3n) is 3.75. The van der Waals surface area contributed by atoms with Gasteiger partial charge in [0.15, 0.2) is 9.84 Å². The highest BCUT2D eigenvalue weighted by atomic mass is 32.2. The number of amides is 1. The number of hydrogen-bond acceptors (Lipinski definition) is 5. The molecule has 0 radical (unpaired) electrons. The van der Waals surface area contributed by atoms with Crippen LogP contribution in [-0.4, -0.2) is 38.8 Å². The molecule has 0 unspecified atom stereocenters. The molecule has 1 amide bonds. The Balaban J connectivity index is 2.21. The monoisotopic (exact) mass is 377 g/mol. The van der Waals surface area contributed by atoms with Gasteiger partial charge in [0.1, 0.15) is 5.75 Å². The summed E-state index contributed by atoms with van der Waals surface area (Å²) in [6.07, 6.45) is 0.786. The molecule has 0 spiro atoms. The quantitative estimate of drug-likeness (QED) is 0.764. The normalized spacial score (nSPS) is 12.2. The molecule has 2 aromatic carbocycles. The smallest absolute Gasteiger partial charge is 0.305 e. The van der Waals surface area contributed by atoms with Crippen LogP contribution in [0.1, 0.15) is 28.4 Å². The van der Waals surface area contributed by atoms with Gasteiger partial charge in [-0.2, -0.15) is 0 Å². The first-order chi connectivity index (χ1) is 12.2. The minimum Gasteiger partial charge on any atom is -0.497 e. The molecule has 0 aliphatic heterocycles. The predicted octanol–water partition coefficient (Wildman–Crippen LogP) is 2.04.